The Bertz CT molecular complexity index is 390. The van der Waals surface area contributed by atoms with Crippen LogP contribution in [0.3, 0.4) is 0 Å². The fourth-order valence-electron chi connectivity index (χ4n) is 2.46. The molecule has 6 nitrogen and oxygen atoms in total. The normalized spacial score (nSPS) is 22.6. The van der Waals surface area contributed by atoms with Gasteiger partial charge in [-0.1, -0.05) is 13.8 Å². The Morgan fingerprint density at radius 3 is 2.41 bits per heavy atom. The molecular formula is C16H30N2O4. The highest BCUT2D eigenvalue weighted by Crippen LogP contribution is 2.21. The number of esters is 1. The van der Waals surface area contributed by atoms with Gasteiger partial charge in [0.05, 0.1) is 13.0 Å². The number of nitrogens with zero attached hydrogens (tertiary/aromatic N) is 1. The zero-order valence-electron chi connectivity index (χ0n) is 14.6. The summed E-state index contributed by atoms with van der Waals surface area (Å²) in [6, 6.07) is 0.0766. The molecule has 1 heterocycles. The van der Waals surface area contributed by atoms with E-state index in [2.05, 4.69) is 19.2 Å². The van der Waals surface area contributed by atoms with Crippen LogP contribution in [0.1, 0.15) is 41.0 Å². The van der Waals surface area contributed by atoms with E-state index >= 15 is 0 Å². The lowest BCUT2D eigenvalue weighted by atomic mass is 9.94. The Morgan fingerprint density at radius 1 is 1.27 bits per heavy atom. The van der Waals surface area contributed by atoms with Gasteiger partial charge in [-0.25, -0.2) is 4.79 Å². The standard InChI is InChI=1S/C16H30N2O4/c1-11(2)8-17-13-7-12(14(19)21-6)9-18(10-13)15(20)22-16(3,4)5/h11-13,17H,7-10H2,1-6H3/t12-,13?/m1/s1. The molecule has 1 aliphatic heterocycles. The van der Waals surface area contributed by atoms with Gasteiger partial charge in [0.25, 0.3) is 0 Å². The van der Waals surface area contributed by atoms with Crippen LogP contribution in [-0.2, 0) is 14.3 Å². The molecular weight excluding hydrogens is 284 g/mol. The van der Waals surface area contributed by atoms with Gasteiger partial charge in [0.15, 0.2) is 0 Å². The predicted molar refractivity (Wildman–Crippen MR) is 84.6 cm³/mol. The summed E-state index contributed by atoms with van der Waals surface area (Å²) in [6.45, 7) is 11.5. The smallest absolute Gasteiger partial charge is 0.410 e. The number of methoxy groups -OCH3 is 1. The highest BCUT2D eigenvalue weighted by Gasteiger charge is 2.36. The molecule has 1 saturated heterocycles. The highest BCUT2D eigenvalue weighted by atomic mass is 16.6. The highest BCUT2D eigenvalue weighted by molar-refractivity contribution is 5.75. The van der Waals surface area contributed by atoms with Gasteiger partial charge in [0, 0.05) is 19.1 Å². The van der Waals surface area contributed by atoms with Crippen LogP contribution < -0.4 is 5.32 Å². The van der Waals surface area contributed by atoms with E-state index in [0.29, 0.717) is 25.4 Å². The van der Waals surface area contributed by atoms with Crippen LogP contribution in [0.15, 0.2) is 0 Å². The molecule has 1 unspecified atom stereocenters. The third kappa shape index (κ3) is 6.22. The second-order valence-electron chi connectivity index (χ2n) is 7.34. The quantitative estimate of drug-likeness (QED) is 0.804. The number of likely N-dealkylation sites (tertiary alicyclic amines) is 1. The third-order valence-electron chi connectivity index (χ3n) is 3.45. The molecule has 1 amide bonds. The van der Waals surface area contributed by atoms with Crippen molar-refractivity contribution in [2.24, 2.45) is 11.8 Å². The van der Waals surface area contributed by atoms with E-state index < -0.39 is 5.60 Å². The summed E-state index contributed by atoms with van der Waals surface area (Å²) in [6.07, 6.45) is 0.302. The summed E-state index contributed by atoms with van der Waals surface area (Å²) in [7, 11) is 1.38. The molecule has 0 aromatic heterocycles. The van der Waals surface area contributed by atoms with Gasteiger partial charge >= 0.3 is 12.1 Å². The van der Waals surface area contributed by atoms with Crippen LogP contribution in [0, 0.1) is 11.8 Å². The van der Waals surface area contributed by atoms with Gasteiger partial charge in [-0.3, -0.25) is 4.79 Å². The SMILES string of the molecule is COC(=O)[C@@H]1CC(NCC(C)C)CN(C(=O)OC(C)(C)C)C1. The molecule has 1 rings (SSSR count). The Kier molecular flexibility index (Phi) is 6.66. The Hall–Kier alpha value is -1.30. The van der Waals surface area contributed by atoms with E-state index in [0.717, 1.165) is 6.54 Å². The average molecular weight is 314 g/mol. The van der Waals surface area contributed by atoms with Gasteiger partial charge in [-0.15, -0.1) is 0 Å². The molecule has 0 saturated carbocycles. The maximum atomic E-state index is 12.3. The molecule has 1 N–H and O–H groups in total. The topological polar surface area (TPSA) is 67.9 Å². The minimum atomic E-state index is -0.545. The van der Waals surface area contributed by atoms with E-state index in [4.69, 9.17) is 9.47 Å². The molecule has 2 atom stereocenters. The van der Waals surface area contributed by atoms with Crippen LogP contribution in [0.5, 0.6) is 0 Å². The van der Waals surface area contributed by atoms with Crippen molar-refractivity contribution in [1.82, 2.24) is 10.2 Å². The van der Waals surface area contributed by atoms with Crippen LogP contribution in [0.25, 0.3) is 0 Å². The number of piperidine rings is 1. The molecule has 1 aliphatic rings. The Labute approximate surface area is 133 Å². The maximum absolute atomic E-state index is 12.3. The summed E-state index contributed by atoms with van der Waals surface area (Å²) < 4.78 is 10.3. The summed E-state index contributed by atoms with van der Waals surface area (Å²) in [4.78, 5) is 25.8. The number of hydrogen-bond acceptors (Lipinski definition) is 5. The minimum Gasteiger partial charge on any atom is -0.469 e. The van der Waals surface area contributed by atoms with Gasteiger partial charge in [0.2, 0.25) is 0 Å². The van der Waals surface area contributed by atoms with Crippen molar-refractivity contribution >= 4 is 12.1 Å². The molecule has 0 aromatic carbocycles. The van der Waals surface area contributed by atoms with Crippen LogP contribution >= 0.6 is 0 Å². The number of rotatable bonds is 4. The van der Waals surface area contributed by atoms with Crippen molar-refractivity contribution in [2.75, 3.05) is 26.7 Å². The van der Waals surface area contributed by atoms with Crippen LogP contribution in [0.2, 0.25) is 0 Å². The molecule has 128 valence electrons. The van der Waals surface area contributed by atoms with Crippen molar-refractivity contribution in [2.45, 2.75) is 52.7 Å². The van der Waals surface area contributed by atoms with Crippen molar-refractivity contribution in [3.8, 4) is 0 Å². The second kappa shape index (κ2) is 7.81. The second-order valence-corrected chi connectivity index (χ2v) is 7.34. The van der Waals surface area contributed by atoms with Gasteiger partial charge in [-0.05, 0) is 39.7 Å². The number of nitrogens with one attached hydrogen (secondary N) is 1. The monoisotopic (exact) mass is 314 g/mol. The Balaban J connectivity index is 2.74. The molecule has 0 spiro atoms. The van der Waals surface area contributed by atoms with Crippen LogP contribution in [0.4, 0.5) is 4.79 Å². The van der Waals surface area contributed by atoms with Crippen molar-refractivity contribution in [3.05, 3.63) is 0 Å². The fraction of sp³-hybridized carbons (Fsp3) is 0.875. The molecule has 0 radical (unpaired) electrons. The van der Waals surface area contributed by atoms with Crippen molar-refractivity contribution in [3.63, 3.8) is 0 Å². The van der Waals surface area contributed by atoms with Crippen molar-refractivity contribution in [1.29, 1.82) is 0 Å². The zero-order chi connectivity index (χ0) is 16.9. The minimum absolute atomic E-state index is 0.0766. The van der Waals surface area contributed by atoms with E-state index in [1.54, 1.807) is 4.90 Å². The maximum Gasteiger partial charge on any atom is 0.410 e. The predicted octanol–water partition coefficient (Wildman–Crippen LogP) is 2.03. The summed E-state index contributed by atoms with van der Waals surface area (Å²) in [5, 5.41) is 3.42. The third-order valence-corrected chi connectivity index (χ3v) is 3.45. The molecule has 0 bridgehead atoms. The molecule has 22 heavy (non-hydrogen) atoms. The molecule has 0 aliphatic carbocycles. The first-order chi connectivity index (χ1) is 10.1. The number of ether oxygens (including phenoxy) is 2. The molecule has 1 fully saturated rings. The fourth-order valence-corrected chi connectivity index (χ4v) is 2.46. The average Bonchev–Trinajstić information content (AvgIpc) is 2.42. The summed E-state index contributed by atoms with van der Waals surface area (Å²) in [5.74, 6) is -0.0750. The number of carbonyl (C=O) groups excluding carboxylic acids is 2. The number of carbonyl (C=O) groups is 2. The van der Waals surface area contributed by atoms with E-state index in [1.165, 1.54) is 7.11 Å². The Morgan fingerprint density at radius 2 is 1.91 bits per heavy atom. The lowest BCUT2D eigenvalue weighted by Crippen LogP contribution is -2.54. The van der Waals surface area contributed by atoms with E-state index in [9.17, 15) is 9.59 Å². The number of hydrogen-bond donors (Lipinski definition) is 1. The zero-order valence-corrected chi connectivity index (χ0v) is 14.6. The van der Waals surface area contributed by atoms with E-state index in [-0.39, 0.29) is 24.0 Å². The van der Waals surface area contributed by atoms with Crippen molar-refractivity contribution < 1.29 is 19.1 Å². The van der Waals surface area contributed by atoms with Gasteiger partial charge < -0.3 is 19.7 Å². The first-order valence-electron chi connectivity index (χ1n) is 7.91. The summed E-state index contributed by atoms with van der Waals surface area (Å²) >= 11 is 0. The summed E-state index contributed by atoms with van der Waals surface area (Å²) in [5.41, 5.74) is -0.545. The van der Waals surface area contributed by atoms with Gasteiger partial charge in [0.1, 0.15) is 5.60 Å². The van der Waals surface area contributed by atoms with Gasteiger partial charge in [-0.2, -0.15) is 0 Å². The van der Waals surface area contributed by atoms with Crippen LogP contribution in [-0.4, -0.2) is 55.3 Å². The number of amides is 1. The molecule has 0 aromatic rings. The van der Waals surface area contributed by atoms with E-state index in [1.807, 2.05) is 20.8 Å². The lowest BCUT2D eigenvalue weighted by molar-refractivity contribution is -0.147. The lowest BCUT2D eigenvalue weighted by Gasteiger charge is -2.38. The first kappa shape index (κ1) is 18.7. The first-order valence-corrected chi connectivity index (χ1v) is 7.91. The largest absolute Gasteiger partial charge is 0.469 e. The molecule has 6 heteroatoms.